The third kappa shape index (κ3) is 3.76. The average molecular weight is 402 g/mol. The van der Waals surface area contributed by atoms with Crippen LogP contribution in [0.1, 0.15) is 11.1 Å². The lowest BCUT2D eigenvalue weighted by atomic mass is 10.1. The number of hydrogen-bond donors (Lipinski definition) is 1. The second-order valence-corrected chi connectivity index (χ2v) is 8.67. The molecule has 4 rings (SSSR count). The predicted octanol–water partition coefficient (Wildman–Crippen LogP) is 1.33. The molecule has 1 saturated heterocycles. The number of morpholine rings is 1. The molecule has 0 spiro atoms. The quantitative estimate of drug-likeness (QED) is 0.816. The van der Waals surface area contributed by atoms with Crippen molar-refractivity contribution in [1.82, 2.24) is 9.62 Å². The van der Waals surface area contributed by atoms with E-state index < -0.39 is 16.1 Å². The van der Waals surface area contributed by atoms with Crippen molar-refractivity contribution in [1.29, 1.82) is 0 Å². The fourth-order valence-corrected chi connectivity index (χ4v) is 5.08. The zero-order valence-electron chi connectivity index (χ0n) is 15.3. The van der Waals surface area contributed by atoms with E-state index in [1.54, 1.807) is 24.3 Å². The number of amides is 1. The summed E-state index contributed by atoms with van der Waals surface area (Å²) in [5, 5.41) is 2.82. The van der Waals surface area contributed by atoms with Crippen molar-refractivity contribution in [2.75, 3.05) is 26.3 Å². The minimum absolute atomic E-state index is 0.120. The Hall–Kier alpha value is -2.42. The Morgan fingerprint density at radius 3 is 2.57 bits per heavy atom. The SMILES string of the molecule is O=C(NCc1ccccc1S(=O)(=O)N1CCOCC1)[C@H]1Cc2ccccc2O1. The highest BCUT2D eigenvalue weighted by Crippen LogP contribution is 2.28. The minimum atomic E-state index is -3.63. The molecule has 0 unspecified atom stereocenters. The van der Waals surface area contributed by atoms with Crippen molar-refractivity contribution in [3.63, 3.8) is 0 Å². The van der Waals surface area contributed by atoms with Crippen molar-refractivity contribution in [2.45, 2.75) is 24.0 Å². The maximum absolute atomic E-state index is 13.0. The topological polar surface area (TPSA) is 84.9 Å². The number of nitrogens with one attached hydrogen (secondary N) is 1. The number of para-hydroxylation sites is 1. The third-order valence-corrected chi connectivity index (χ3v) is 6.95. The van der Waals surface area contributed by atoms with Gasteiger partial charge in [-0.3, -0.25) is 4.79 Å². The summed E-state index contributed by atoms with van der Waals surface area (Å²) in [5.74, 6) is 0.465. The Morgan fingerprint density at radius 1 is 1.07 bits per heavy atom. The van der Waals surface area contributed by atoms with Gasteiger partial charge in [0, 0.05) is 26.1 Å². The number of ether oxygens (including phenoxy) is 2. The number of carbonyl (C=O) groups is 1. The van der Waals surface area contributed by atoms with Crippen LogP contribution in [0.2, 0.25) is 0 Å². The first-order valence-corrected chi connectivity index (χ1v) is 10.7. The van der Waals surface area contributed by atoms with Crippen LogP contribution in [0, 0.1) is 0 Å². The van der Waals surface area contributed by atoms with E-state index in [9.17, 15) is 13.2 Å². The number of sulfonamides is 1. The summed E-state index contributed by atoms with van der Waals surface area (Å²) in [7, 11) is -3.63. The van der Waals surface area contributed by atoms with Crippen molar-refractivity contribution in [3.05, 3.63) is 59.7 Å². The largest absolute Gasteiger partial charge is 0.480 e. The molecule has 2 aliphatic heterocycles. The van der Waals surface area contributed by atoms with Crippen LogP contribution >= 0.6 is 0 Å². The van der Waals surface area contributed by atoms with E-state index in [4.69, 9.17) is 9.47 Å². The molecule has 0 radical (unpaired) electrons. The Morgan fingerprint density at radius 2 is 1.79 bits per heavy atom. The van der Waals surface area contributed by atoms with Gasteiger partial charge in [0.25, 0.3) is 5.91 Å². The maximum Gasteiger partial charge on any atom is 0.261 e. The van der Waals surface area contributed by atoms with Crippen molar-refractivity contribution >= 4 is 15.9 Å². The van der Waals surface area contributed by atoms with Crippen LogP contribution in [0.5, 0.6) is 5.75 Å². The van der Waals surface area contributed by atoms with Crippen molar-refractivity contribution in [3.8, 4) is 5.75 Å². The van der Waals surface area contributed by atoms with Crippen LogP contribution in [-0.4, -0.2) is 51.0 Å². The van der Waals surface area contributed by atoms with E-state index in [-0.39, 0.29) is 17.3 Å². The second-order valence-electron chi connectivity index (χ2n) is 6.76. The Balaban J connectivity index is 1.45. The molecule has 2 aromatic rings. The van der Waals surface area contributed by atoms with Gasteiger partial charge in [0.2, 0.25) is 10.0 Å². The summed E-state index contributed by atoms with van der Waals surface area (Å²) in [6.45, 7) is 1.55. The van der Waals surface area contributed by atoms with Gasteiger partial charge < -0.3 is 14.8 Å². The van der Waals surface area contributed by atoms with Gasteiger partial charge >= 0.3 is 0 Å². The lowest BCUT2D eigenvalue weighted by molar-refractivity contribution is -0.127. The molecule has 2 aliphatic rings. The van der Waals surface area contributed by atoms with E-state index in [1.165, 1.54) is 4.31 Å². The predicted molar refractivity (Wildman–Crippen MR) is 102 cm³/mol. The van der Waals surface area contributed by atoms with Crippen LogP contribution in [0.15, 0.2) is 53.4 Å². The van der Waals surface area contributed by atoms with Crippen molar-refractivity contribution in [2.24, 2.45) is 0 Å². The zero-order valence-corrected chi connectivity index (χ0v) is 16.2. The van der Waals surface area contributed by atoms with E-state index in [2.05, 4.69) is 5.32 Å². The molecule has 1 amide bonds. The molecule has 1 fully saturated rings. The molecule has 7 nitrogen and oxygen atoms in total. The fourth-order valence-electron chi connectivity index (χ4n) is 3.45. The monoisotopic (exact) mass is 402 g/mol. The fraction of sp³-hybridized carbons (Fsp3) is 0.350. The van der Waals surface area contributed by atoms with Crippen LogP contribution in [0.25, 0.3) is 0 Å². The standard InChI is InChI=1S/C20H22N2O5S/c23-20(18-13-15-5-1-3-7-17(15)27-18)21-14-16-6-2-4-8-19(16)28(24,25)22-9-11-26-12-10-22/h1-8,18H,9-14H2,(H,21,23)/t18-/m1/s1. The molecular formula is C20H22N2O5S. The van der Waals surface area contributed by atoms with E-state index in [0.717, 1.165) is 11.3 Å². The van der Waals surface area contributed by atoms with Crippen LogP contribution in [0.3, 0.4) is 0 Å². The lowest BCUT2D eigenvalue weighted by Crippen LogP contribution is -2.41. The summed E-state index contributed by atoms with van der Waals surface area (Å²) in [6, 6.07) is 14.3. The summed E-state index contributed by atoms with van der Waals surface area (Å²) in [4.78, 5) is 12.8. The molecule has 2 aromatic carbocycles. The second kappa shape index (κ2) is 7.90. The minimum Gasteiger partial charge on any atom is -0.480 e. The van der Waals surface area contributed by atoms with E-state index in [0.29, 0.717) is 38.3 Å². The molecule has 2 heterocycles. The molecule has 0 saturated carbocycles. The highest BCUT2D eigenvalue weighted by molar-refractivity contribution is 7.89. The molecule has 8 heteroatoms. The summed E-state index contributed by atoms with van der Waals surface area (Å²) in [6.07, 6.45) is -0.0872. The summed E-state index contributed by atoms with van der Waals surface area (Å²) in [5.41, 5.74) is 1.55. The normalized spacial score (nSPS) is 19.6. The van der Waals surface area contributed by atoms with Crippen molar-refractivity contribution < 1.29 is 22.7 Å². The number of nitrogens with zero attached hydrogens (tertiary/aromatic N) is 1. The van der Waals surface area contributed by atoms with Gasteiger partial charge in [-0.25, -0.2) is 8.42 Å². The molecule has 148 valence electrons. The van der Waals surface area contributed by atoms with Crippen LogP contribution in [0.4, 0.5) is 0 Å². The summed E-state index contributed by atoms with van der Waals surface area (Å²) < 4.78 is 38.3. The number of fused-ring (bicyclic) bond motifs is 1. The molecule has 1 N–H and O–H groups in total. The molecule has 1 atom stereocenters. The molecular weight excluding hydrogens is 380 g/mol. The first-order valence-electron chi connectivity index (χ1n) is 9.24. The highest BCUT2D eigenvalue weighted by Gasteiger charge is 2.30. The Bertz CT molecular complexity index is 945. The van der Waals surface area contributed by atoms with Crippen LogP contribution in [-0.2, 0) is 32.5 Å². The van der Waals surface area contributed by atoms with Gasteiger partial charge in [-0.15, -0.1) is 0 Å². The Labute approximate surface area is 164 Å². The maximum atomic E-state index is 13.0. The Kier molecular flexibility index (Phi) is 5.34. The van der Waals surface area contributed by atoms with E-state index >= 15 is 0 Å². The zero-order chi connectivity index (χ0) is 19.6. The lowest BCUT2D eigenvalue weighted by Gasteiger charge is -2.27. The number of hydrogen-bond acceptors (Lipinski definition) is 5. The number of carbonyl (C=O) groups excluding carboxylic acids is 1. The first-order chi connectivity index (χ1) is 13.6. The van der Waals surface area contributed by atoms with Crippen LogP contribution < -0.4 is 10.1 Å². The smallest absolute Gasteiger partial charge is 0.261 e. The van der Waals surface area contributed by atoms with Gasteiger partial charge in [-0.05, 0) is 23.3 Å². The first kappa shape index (κ1) is 18.9. The molecule has 0 bridgehead atoms. The number of benzene rings is 2. The van der Waals surface area contributed by atoms with Gasteiger partial charge in [0.1, 0.15) is 5.75 Å². The molecule has 28 heavy (non-hydrogen) atoms. The van der Waals surface area contributed by atoms with E-state index in [1.807, 2.05) is 24.3 Å². The average Bonchev–Trinajstić information content (AvgIpc) is 3.17. The van der Waals surface area contributed by atoms with Gasteiger partial charge in [-0.2, -0.15) is 4.31 Å². The third-order valence-electron chi connectivity index (χ3n) is 4.95. The van der Waals surface area contributed by atoms with Gasteiger partial charge in [-0.1, -0.05) is 36.4 Å². The summed E-state index contributed by atoms with van der Waals surface area (Å²) >= 11 is 0. The molecule has 0 aliphatic carbocycles. The number of rotatable bonds is 5. The highest BCUT2D eigenvalue weighted by atomic mass is 32.2. The van der Waals surface area contributed by atoms with Gasteiger partial charge in [0.05, 0.1) is 18.1 Å². The molecule has 0 aromatic heterocycles. The van der Waals surface area contributed by atoms with Gasteiger partial charge in [0.15, 0.2) is 6.10 Å².